The van der Waals surface area contributed by atoms with Crippen molar-refractivity contribution in [2.45, 2.75) is 13.5 Å². The van der Waals surface area contributed by atoms with E-state index in [0.29, 0.717) is 18.1 Å². The quantitative estimate of drug-likeness (QED) is 0.354. The SMILES string of the molecule is C=C(C)Oc1cnc2cc(OCc3ccccc3)ccc2c1-c1ccc(F)cc1. The second kappa shape index (κ2) is 8.15. The lowest BCUT2D eigenvalue weighted by Gasteiger charge is -2.15. The van der Waals surface area contributed by atoms with Crippen LogP contribution in [0.1, 0.15) is 12.5 Å². The van der Waals surface area contributed by atoms with Crippen LogP contribution in [-0.2, 0) is 6.61 Å². The molecule has 4 rings (SSSR count). The number of hydrogen-bond donors (Lipinski definition) is 0. The Kier molecular flexibility index (Phi) is 5.25. The maximum absolute atomic E-state index is 13.4. The summed E-state index contributed by atoms with van der Waals surface area (Å²) in [4.78, 5) is 4.53. The van der Waals surface area contributed by atoms with Crippen molar-refractivity contribution in [1.82, 2.24) is 4.98 Å². The summed E-state index contributed by atoms with van der Waals surface area (Å²) in [5.41, 5.74) is 3.54. The molecular formula is C25H20FNO2. The van der Waals surface area contributed by atoms with Crippen LogP contribution in [0, 0.1) is 5.82 Å². The van der Waals surface area contributed by atoms with Gasteiger partial charge >= 0.3 is 0 Å². The Morgan fingerprint density at radius 2 is 1.76 bits per heavy atom. The molecule has 0 atom stereocenters. The fourth-order valence-corrected chi connectivity index (χ4v) is 3.17. The molecule has 0 aliphatic heterocycles. The average Bonchev–Trinajstić information content (AvgIpc) is 2.73. The Balaban J connectivity index is 1.74. The number of pyridine rings is 1. The van der Waals surface area contributed by atoms with E-state index in [9.17, 15) is 4.39 Å². The second-order valence-corrected chi connectivity index (χ2v) is 6.76. The smallest absolute Gasteiger partial charge is 0.153 e. The monoisotopic (exact) mass is 385 g/mol. The van der Waals surface area contributed by atoms with E-state index in [1.54, 1.807) is 25.3 Å². The molecule has 0 amide bonds. The molecule has 29 heavy (non-hydrogen) atoms. The minimum absolute atomic E-state index is 0.286. The largest absolute Gasteiger partial charge is 0.489 e. The Bertz CT molecular complexity index is 1150. The third kappa shape index (κ3) is 4.27. The highest BCUT2D eigenvalue weighted by molar-refractivity contribution is 5.98. The number of fused-ring (bicyclic) bond motifs is 1. The van der Waals surface area contributed by atoms with Crippen molar-refractivity contribution in [3.05, 3.63) is 103 Å². The summed E-state index contributed by atoms with van der Waals surface area (Å²) < 4.78 is 25.1. The van der Waals surface area contributed by atoms with Crippen LogP contribution in [-0.4, -0.2) is 4.98 Å². The van der Waals surface area contributed by atoms with Crippen molar-refractivity contribution in [2.75, 3.05) is 0 Å². The van der Waals surface area contributed by atoms with Gasteiger partial charge in [-0.3, -0.25) is 4.98 Å². The minimum atomic E-state index is -0.286. The van der Waals surface area contributed by atoms with Gasteiger partial charge in [-0.1, -0.05) is 49.0 Å². The van der Waals surface area contributed by atoms with Crippen molar-refractivity contribution >= 4 is 10.9 Å². The topological polar surface area (TPSA) is 31.4 Å². The molecule has 0 bridgehead atoms. The molecule has 3 aromatic carbocycles. The van der Waals surface area contributed by atoms with Gasteiger partial charge in [-0.15, -0.1) is 0 Å². The summed E-state index contributed by atoms with van der Waals surface area (Å²) in [7, 11) is 0. The first-order chi connectivity index (χ1) is 14.1. The second-order valence-electron chi connectivity index (χ2n) is 6.76. The van der Waals surface area contributed by atoms with Gasteiger partial charge < -0.3 is 9.47 Å². The van der Waals surface area contributed by atoms with Crippen LogP contribution in [0.2, 0.25) is 0 Å². The zero-order valence-electron chi connectivity index (χ0n) is 16.1. The standard InChI is InChI=1S/C25H20FNO2/c1-17(2)29-24-15-27-23-14-21(28-16-18-6-4-3-5-7-18)12-13-22(23)25(24)19-8-10-20(26)11-9-19/h3-15H,1,16H2,2H3. The normalized spacial score (nSPS) is 10.7. The highest BCUT2D eigenvalue weighted by atomic mass is 19.1. The zero-order chi connectivity index (χ0) is 20.2. The summed E-state index contributed by atoms with van der Waals surface area (Å²) in [5, 5.41) is 0.891. The van der Waals surface area contributed by atoms with E-state index in [2.05, 4.69) is 11.6 Å². The number of aromatic nitrogens is 1. The van der Waals surface area contributed by atoms with Crippen LogP contribution in [0.25, 0.3) is 22.0 Å². The summed E-state index contributed by atoms with van der Waals surface area (Å²) in [6.45, 7) is 6.07. The van der Waals surface area contributed by atoms with Gasteiger partial charge in [0.1, 0.15) is 18.2 Å². The molecule has 1 aromatic heterocycles. The number of nitrogens with zero attached hydrogens (tertiary/aromatic N) is 1. The van der Waals surface area contributed by atoms with E-state index in [0.717, 1.165) is 33.3 Å². The van der Waals surface area contributed by atoms with Crippen molar-refractivity contribution in [3.8, 4) is 22.6 Å². The van der Waals surface area contributed by atoms with Gasteiger partial charge in [-0.2, -0.15) is 0 Å². The number of ether oxygens (including phenoxy) is 2. The molecule has 0 saturated heterocycles. The first-order valence-electron chi connectivity index (χ1n) is 9.29. The first-order valence-corrected chi connectivity index (χ1v) is 9.29. The predicted octanol–water partition coefficient (Wildman–Crippen LogP) is 6.53. The first kappa shape index (κ1) is 18.7. The Morgan fingerprint density at radius 3 is 2.48 bits per heavy atom. The molecule has 4 aromatic rings. The van der Waals surface area contributed by atoms with Crippen LogP contribution in [0.3, 0.4) is 0 Å². The molecule has 1 heterocycles. The maximum atomic E-state index is 13.4. The van der Waals surface area contributed by atoms with Gasteiger partial charge in [0.05, 0.1) is 17.5 Å². The number of benzene rings is 3. The van der Waals surface area contributed by atoms with Crippen LogP contribution in [0.5, 0.6) is 11.5 Å². The van der Waals surface area contributed by atoms with Crippen molar-refractivity contribution in [2.24, 2.45) is 0 Å². The van der Waals surface area contributed by atoms with Crippen LogP contribution in [0.4, 0.5) is 4.39 Å². The fourth-order valence-electron chi connectivity index (χ4n) is 3.17. The van der Waals surface area contributed by atoms with Crippen LogP contribution >= 0.6 is 0 Å². The molecule has 4 heteroatoms. The van der Waals surface area contributed by atoms with Crippen molar-refractivity contribution in [1.29, 1.82) is 0 Å². The van der Waals surface area contributed by atoms with E-state index in [1.165, 1.54) is 12.1 Å². The molecule has 0 aliphatic carbocycles. The van der Waals surface area contributed by atoms with Gasteiger partial charge in [-0.05, 0) is 42.3 Å². The van der Waals surface area contributed by atoms with Crippen LogP contribution in [0.15, 0.2) is 91.3 Å². The summed E-state index contributed by atoms with van der Waals surface area (Å²) in [6, 6.07) is 22.1. The summed E-state index contributed by atoms with van der Waals surface area (Å²) in [5.74, 6) is 1.57. The lowest BCUT2D eigenvalue weighted by molar-refractivity contribution is 0.306. The molecule has 144 valence electrons. The van der Waals surface area contributed by atoms with E-state index in [-0.39, 0.29) is 5.82 Å². The third-order valence-electron chi connectivity index (χ3n) is 4.47. The predicted molar refractivity (Wildman–Crippen MR) is 113 cm³/mol. The maximum Gasteiger partial charge on any atom is 0.153 e. The lowest BCUT2D eigenvalue weighted by Crippen LogP contribution is -1.97. The van der Waals surface area contributed by atoms with Crippen molar-refractivity contribution < 1.29 is 13.9 Å². The number of hydrogen-bond acceptors (Lipinski definition) is 3. The van der Waals surface area contributed by atoms with Gasteiger partial charge in [0, 0.05) is 17.0 Å². The molecule has 0 aliphatic rings. The average molecular weight is 385 g/mol. The van der Waals surface area contributed by atoms with E-state index in [1.807, 2.05) is 48.5 Å². The molecule has 0 saturated carbocycles. The fraction of sp³-hybridized carbons (Fsp3) is 0.0800. The lowest BCUT2D eigenvalue weighted by atomic mass is 10.00. The highest BCUT2D eigenvalue weighted by Crippen LogP contribution is 2.38. The van der Waals surface area contributed by atoms with Gasteiger partial charge in [-0.25, -0.2) is 4.39 Å². The minimum Gasteiger partial charge on any atom is -0.489 e. The molecule has 0 spiro atoms. The number of allylic oxidation sites excluding steroid dienone is 1. The third-order valence-corrected chi connectivity index (χ3v) is 4.47. The number of rotatable bonds is 6. The summed E-state index contributed by atoms with van der Waals surface area (Å²) in [6.07, 6.45) is 1.66. The zero-order valence-corrected chi connectivity index (χ0v) is 16.1. The Labute approximate surface area is 169 Å². The van der Waals surface area contributed by atoms with Crippen molar-refractivity contribution in [3.63, 3.8) is 0 Å². The van der Waals surface area contributed by atoms with E-state index < -0.39 is 0 Å². The number of halogens is 1. The molecule has 0 fully saturated rings. The molecule has 3 nitrogen and oxygen atoms in total. The van der Waals surface area contributed by atoms with Crippen LogP contribution < -0.4 is 9.47 Å². The molecular weight excluding hydrogens is 365 g/mol. The van der Waals surface area contributed by atoms with Gasteiger partial charge in [0.2, 0.25) is 0 Å². The molecule has 0 N–H and O–H groups in total. The van der Waals surface area contributed by atoms with Gasteiger partial charge in [0.25, 0.3) is 0 Å². The summed E-state index contributed by atoms with van der Waals surface area (Å²) >= 11 is 0. The molecule has 0 unspecified atom stereocenters. The van der Waals surface area contributed by atoms with E-state index in [4.69, 9.17) is 9.47 Å². The Hall–Kier alpha value is -3.66. The Morgan fingerprint density at radius 1 is 1.00 bits per heavy atom. The molecule has 0 radical (unpaired) electrons. The van der Waals surface area contributed by atoms with E-state index >= 15 is 0 Å². The highest BCUT2D eigenvalue weighted by Gasteiger charge is 2.14. The van der Waals surface area contributed by atoms with Gasteiger partial charge in [0.15, 0.2) is 5.75 Å².